The van der Waals surface area contributed by atoms with Gasteiger partial charge in [0.2, 0.25) is 5.91 Å². The number of likely N-dealkylation sites (tertiary alicyclic amines) is 1. The van der Waals surface area contributed by atoms with Crippen molar-refractivity contribution in [2.75, 3.05) is 26.9 Å². The summed E-state index contributed by atoms with van der Waals surface area (Å²) in [5, 5.41) is 9.16. The number of hydrogen-bond acceptors (Lipinski definition) is 3. The number of aliphatic hydroxyl groups excluding tert-OH is 1. The van der Waals surface area contributed by atoms with Gasteiger partial charge in [0.15, 0.2) is 0 Å². The lowest BCUT2D eigenvalue weighted by atomic mass is 10.0. The third-order valence-corrected chi connectivity index (χ3v) is 2.91. The smallest absolute Gasteiger partial charge is 0.225 e. The van der Waals surface area contributed by atoms with Crippen LogP contribution < -0.4 is 0 Å². The molecule has 1 saturated heterocycles. The molecule has 1 aliphatic rings. The summed E-state index contributed by atoms with van der Waals surface area (Å²) in [6.45, 7) is 3.38. The molecule has 1 aliphatic heterocycles. The van der Waals surface area contributed by atoms with Gasteiger partial charge in [-0.1, -0.05) is 6.92 Å². The van der Waals surface area contributed by atoms with Crippen molar-refractivity contribution in [3.05, 3.63) is 0 Å². The summed E-state index contributed by atoms with van der Waals surface area (Å²) in [5.74, 6) is 0.502. The molecule has 4 heteroatoms. The zero-order valence-corrected chi connectivity index (χ0v) is 8.90. The monoisotopic (exact) mass is 201 g/mol. The third kappa shape index (κ3) is 2.45. The fourth-order valence-electron chi connectivity index (χ4n) is 1.93. The highest BCUT2D eigenvalue weighted by Gasteiger charge is 2.33. The molecular formula is C10H19NO3. The fourth-order valence-corrected chi connectivity index (χ4v) is 1.93. The van der Waals surface area contributed by atoms with Crippen LogP contribution in [0.4, 0.5) is 0 Å². The highest BCUT2D eigenvalue weighted by atomic mass is 16.5. The van der Waals surface area contributed by atoms with Gasteiger partial charge >= 0.3 is 0 Å². The first-order valence-electron chi connectivity index (χ1n) is 5.10. The largest absolute Gasteiger partial charge is 0.394 e. The van der Waals surface area contributed by atoms with E-state index in [1.54, 1.807) is 12.0 Å². The number of carbonyl (C=O) groups is 1. The predicted octanol–water partition coefficient (Wildman–Crippen LogP) is 0.252. The Bertz CT molecular complexity index is 196. The molecule has 0 spiro atoms. The molecule has 1 rings (SSSR count). The minimum atomic E-state index is 0.0133. The van der Waals surface area contributed by atoms with Gasteiger partial charge in [-0.15, -0.1) is 0 Å². The van der Waals surface area contributed by atoms with Crippen molar-refractivity contribution in [1.82, 2.24) is 4.90 Å². The van der Waals surface area contributed by atoms with Crippen LogP contribution in [0.3, 0.4) is 0 Å². The lowest BCUT2D eigenvalue weighted by Crippen LogP contribution is -2.40. The fraction of sp³-hybridized carbons (Fsp3) is 0.900. The molecule has 1 fully saturated rings. The standard InChI is InChI=1S/C10H19NO3/c1-8-3-5-11(9(8)7-12)10(13)4-6-14-2/h8-9,12H,3-7H2,1-2H3. The molecular weight excluding hydrogens is 182 g/mol. The van der Waals surface area contributed by atoms with Crippen LogP contribution in [-0.2, 0) is 9.53 Å². The van der Waals surface area contributed by atoms with Crippen LogP contribution in [0.5, 0.6) is 0 Å². The maximum absolute atomic E-state index is 11.7. The van der Waals surface area contributed by atoms with E-state index in [9.17, 15) is 4.79 Å². The Balaban J connectivity index is 2.46. The number of nitrogens with zero attached hydrogens (tertiary/aromatic N) is 1. The molecule has 14 heavy (non-hydrogen) atoms. The van der Waals surface area contributed by atoms with Gasteiger partial charge in [0.05, 0.1) is 25.7 Å². The highest BCUT2D eigenvalue weighted by Crippen LogP contribution is 2.23. The van der Waals surface area contributed by atoms with Gasteiger partial charge in [-0.25, -0.2) is 0 Å². The van der Waals surface area contributed by atoms with Gasteiger partial charge < -0.3 is 14.7 Å². The average Bonchev–Trinajstić information content (AvgIpc) is 2.55. The van der Waals surface area contributed by atoms with E-state index in [1.165, 1.54) is 0 Å². The van der Waals surface area contributed by atoms with Crippen molar-refractivity contribution in [3.63, 3.8) is 0 Å². The van der Waals surface area contributed by atoms with E-state index >= 15 is 0 Å². The summed E-state index contributed by atoms with van der Waals surface area (Å²) in [6.07, 6.45) is 1.41. The zero-order valence-electron chi connectivity index (χ0n) is 8.90. The molecule has 0 saturated carbocycles. The molecule has 2 unspecified atom stereocenters. The second kappa shape index (κ2) is 5.32. The third-order valence-electron chi connectivity index (χ3n) is 2.91. The Hall–Kier alpha value is -0.610. The van der Waals surface area contributed by atoms with Crippen LogP contribution in [0, 0.1) is 5.92 Å². The molecule has 2 atom stereocenters. The van der Waals surface area contributed by atoms with Crippen LogP contribution in [-0.4, -0.2) is 48.8 Å². The van der Waals surface area contributed by atoms with Gasteiger partial charge in [0.1, 0.15) is 0 Å². The normalized spacial score (nSPS) is 26.9. The van der Waals surface area contributed by atoms with E-state index in [1.807, 2.05) is 0 Å². The summed E-state index contributed by atoms with van der Waals surface area (Å²) in [7, 11) is 1.59. The summed E-state index contributed by atoms with van der Waals surface area (Å²) < 4.78 is 4.86. The van der Waals surface area contributed by atoms with Crippen LogP contribution in [0.1, 0.15) is 19.8 Å². The molecule has 0 aromatic heterocycles. The van der Waals surface area contributed by atoms with Crippen molar-refractivity contribution in [3.8, 4) is 0 Å². The molecule has 4 nitrogen and oxygen atoms in total. The quantitative estimate of drug-likeness (QED) is 0.709. The lowest BCUT2D eigenvalue weighted by molar-refractivity contribution is -0.134. The van der Waals surface area contributed by atoms with Crippen molar-refractivity contribution >= 4 is 5.91 Å². The summed E-state index contributed by atoms with van der Waals surface area (Å²) in [5.41, 5.74) is 0. The zero-order chi connectivity index (χ0) is 10.6. The van der Waals surface area contributed by atoms with Gasteiger partial charge in [0.25, 0.3) is 0 Å². The van der Waals surface area contributed by atoms with E-state index in [-0.39, 0.29) is 18.6 Å². The summed E-state index contributed by atoms with van der Waals surface area (Å²) in [6, 6.07) is 0.0133. The number of amides is 1. The Morgan fingerprint density at radius 2 is 2.36 bits per heavy atom. The van der Waals surface area contributed by atoms with Crippen LogP contribution in [0.25, 0.3) is 0 Å². The van der Waals surface area contributed by atoms with E-state index in [2.05, 4.69) is 6.92 Å². The first-order valence-corrected chi connectivity index (χ1v) is 5.10. The average molecular weight is 201 g/mol. The maximum atomic E-state index is 11.7. The molecule has 0 aromatic carbocycles. The van der Waals surface area contributed by atoms with Crippen molar-refractivity contribution in [1.29, 1.82) is 0 Å². The van der Waals surface area contributed by atoms with Gasteiger partial charge in [-0.05, 0) is 12.3 Å². The van der Waals surface area contributed by atoms with Crippen molar-refractivity contribution in [2.45, 2.75) is 25.8 Å². The second-order valence-electron chi connectivity index (χ2n) is 3.85. The molecule has 82 valence electrons. The first kappa shape index (κ1) is 11.5. The molecule has 0 aliphatic carbocycles. The SMILES string of the molecule is COCCC(=O)N1CCC(C)C1CO. The van der Waals surface area contributed by atoms with Gasteiger partial charge in [0, 0.05) is 13.7 Å². The summed E-state index contributed by atoms with van der Waals surface area (Å²) >= 11 is 0. The number of carbonyl (C=O) groups excluding carboxylic acids is 1. The second-order valence-corrected chi connectivity index (χ2v) is 3.85. The molecule has 1 amide bonds. The number of rotatable bonds is 4. The van der Waals surface area contributed by atoms with Crippen molar-refractivity contribution in [2.24, 2.45) is 5.92 Å². The first-order chi connectivity index (χ1) is 6.70. The Kier molecular flexibility index (Phi) is 4.35. The minimum absolute atomic E-state index is 0.0133. The van der Waals surface area contributed by atoms with E-state index in [0.717, 1.165) is 13.0 Å². The molecule has 1 N–H and O–H groups in total. The van der Waals surface area contributed by atoms with Crippen LogP contribution in [0.2, 0.25) is 0 Å². The molecule has 0 aromatic rings. The number of hydrogen-bond donors (Lipinski definition) is 1. The highest BCUT2D eigenvalue weighted by molar-refractivity contribution is 5.77. The Labute approximate surface area is 84.8 Å². The van der Waals surface area contributed by atoms with Crippen LogP contribution >= 0.6 is 0 Å². The molecule has 1 heterocycles. The Morgan fingerprint density at radius 3 is 2.93 bits per heavy atom. The predicted molar refractivity (Wildman–Crippen MR) is 52.9 cm³/mol. The summed E-state index contributed by atoms with van der Waals surface area (Å²) in [4.78, 5) is 13.4. The number of methoxy groups -OCH3 is 1. The number of ether oxygens (including phenoxy) is 1. The van der Waals surface area contributed by atoms with Crippen molar-refractivity contribution < 1.29 is 14.6 Å². The maximum Gasteiger partial charge on any atom is 0.225 e. The van der Waals surface area contributed by atoms with Gasteiger partial charge in [-0.3, -0.25) is 4.79 Å². The van der Waals surface area contributed by atoms with Crippen LogP contribution in [0.15, 0.2) is 0 Å². The minimum Gasteiger partial charge on any atom is -0.394 e. The van der Waals surface area contributed by atoms with Gasteiger partial charge in [-0.2, -0.15) is 0 Å². The van der Waals surface area contributed by atoms with E-state index in [0.29, 0.717) is 18.9 Å². The Morgan fingerprint density at radius 1 is 1.64 bits per heavy atom. The topological polar surface area (TPSA) is 49.8 Å². The lowest BCUT2D eigenvalue weighted by Gasteiger charge is -2.25. The molecule has 0 bridgehead atoms. The number of aliphatic hydroxyl groups is 1. The molecule has 0 radical (unpaired) electrons. The van der Waals surface area contributed by atoms with E-state index in [4.69, 9.17) is 9.84 Å². The van der Waals surface area contributed by atoms with E-state index < -0.39 is 0 Å².